The molecule has 6 nitrogen and oxygen atoms in total. The summed E-state index contributed by atoms with van der Waals surface area (Å²) in [5.74, 6) is -1.39. The number of anilines is 1. The number of fused-ring (bicyclic) bond motifs is 1. The second-order valence-electron chi connectivity index (χ2n) is 5.62. The van der Waals surface area contributed by atoms with Crippen molar-refractivity contribution in [2.45, 2.75) is 6.92 Å². The summed E-state index contributed by atoms with van der Waals surface area (Å²) in [6, 6.07) is 17.3. The second kappa shape index (κ2) is 7.57. The summed E-state index contributed by atoms with van der Waals surface area (Å²) in [4.78, 5) is 39.9. The van der Waals surface area contributed by atoms with Gasteiger partial charge in [-0.25, -0.2) is 9.78 Å². The van der Waals surface area contributed by atoms with Gasteiger partial charge in [0.15, 0.2) is 12.4 Å². The summed E-state index contributed by atoms with van der Waals surface area (Å²) >= 11 is 0. The largest absolute Gasteiger partial charge is 0.451 e. The molecule has 1 aromatic heterocycles. The van der Waals surface area contributed by atoms with Crippen LogP contribution < -0.4 is 5.32 Å². The quantitative estimate of drug-likeness (QED) is 0.565. The van der Waals surface area contributed by atoms with Crippen LogP contribution in [0.2, 0.25) is 0 Å². The number of hydrogen-bond donors (Lipinski definition) is 1. The van der Waals surface area contributed by atoms with Crippen molar-refractivity contribution < 1.29 is 19.1 Å². The van der Waals surface area contributed by atoms with Crippen molar-refractivity contribution >= 4 is 34.3 Å². The van der Waals surface area contributed by atoms with Crippen molar-refractivity contribution in [3.8, 4) is 0 Å². The standard InChI is InChI=1S/C20H16N2O4/c1-13(23)15-7-3-5-9-17(15)22-19(24)12-26-20(25)18-11-10-14-6-2-4-8-16(14)21-18/h2-11H,12H2,1H3,(H,22,24). The maximum absolute atomic E-state index is 12.1. The van der Waals surface area contributed by atoms with Gasteiger partial charge in [0, 0.05) is 10.9 Å². The number of carbonyl (C=O) groups is 3. The van der Waals surface area contributed by atoms with Crippen LogP contribution in [0.5, 0.6) is 0 Å². The van der Waals surface area contributed by atoms with Crippen molar-refractivity contribution in [3.63, 3.8) is 0 Å². The highest BCUT2D eigenvalue weighted by Crippen LogP contribution is 2.16. The smallest absolute Gasteiger partial charge is 0.357 e. The number of ether oxygens (including phenoxy) is 1. The number of aromatic nitrogens is 1. The molecule has 0 saturated carbocycles. The van der Waals surface area contributed by atoms with E-state index in [1.807, 2.05) is 18.2 Å². The molecule has 0 unspecified atom stereocenters. The van der Waals surface area contributed by atoms with Crippen molar-refractivity contribution in [2.75, 3.05) is 11.9 Å². The summed E-state index contributed by atoms with van der Waals surface area (Å²) in [6.07, 6.45) is 0. The van der Waals surface area contributed by atoms with Crippen molar-refractivity contribution in [1.82, 2.24) is 4.98 Å². The Labute approximate surface area is 149 Å². The highest BCUT2D eigenvalue weighted by molar-refractivity contribution is 6.04. The van der Waals surface area contributed by atoms with E-state index in [2.05, 4.69) is 10.3 Å². The number of nitrogens with one attached hydrogen (secondary N) is 1. The molecule has 130 valence electrons. The van der Waals surface area contributed by atoms with Gasteiger partial charge < -0.3 is 10.1 Å². The lowest BCUT2D eigenvalue weighted by Crippen LogP contribution is -2.22. The number of hydrogen-bond acceptors (Lipinski definition) is 5. The van der Waals surface area contributed by atoms with Crippen molar-refractivity contribution in [3.05, 3.63) is 71.9 Å². The van der Waals surface area contributed by atoms with E-state index in [0.717, 1.165) is 5.39 Å². The van der Waals surface area contributed by atoms with Crippen LogP contribution in [0.4, 0.5) is 5.69 Å². The summed E-state index contributed by atoms with van der Waals surface area (Å²) in [6.45, 7) is 0.940. The number of para-hydroxylation sites is 2. The van der Waals surface area contributed by atoms with Crippen molar-refractivity contribution in [1.29, 1.82) is 0 Å². The molecular formula is C20H16N2O4. The predicted molar refractivity (Wildman–Crippen MR) is 97.1 cm³/mol. The fourth-order valence-corrected chi connectivity index (χ4v) is 2.47. The zero-order valence-corrected chi connectivity index (χ0v) is 14.1. The average Bonchev–Trinajstić information content (AvgIpc) is 2.66. The number of benzene rings is 2. The number of ketones is 1. The molecule has 0 aliphatic carbocycles. The second-order valence-corrected chi connectivity index (χ2v) is 5.62. The topological polar surface area (TPSA) is 85.4 Å². The molecule has 0 aliphatic rings. The third-order valence-corrected chi connectivity index (χ3v) is 3.72. The van der Waals surface area contributed by atoms with Gasteiger partial charge in [-0.05, 0) is 31.2 Å². The Morgan fingerprint density at radius 1 is 0.962 bits per heavy atom. The predicted octanol–water partition coefficient (Wildman–Crippen LogP) is 3.23. The molecule has 0 aliphatic heterocycles. The number of nitrogens with zero attached hydrogens (tertiary/aromatic N) is 1. The van der Waals surface area contributed by atoms with Crippen LogP contribution in [0.3, 0.4) is 0 Å². The van der Waals surface area contributed by atoms with E-state index in [9.17, 15) is 14.4 Å². The van der Waals surface area contributed by atoms with E-state index in [-0.39, 0.29) is 11.5 Å². The molecule has 0 saturated heterocycles. The Kier molecular flexibility index (Phi) is 5.03. The molecule has 1 amide bonds. The van der Waals surface area contributed by atoms with E-state index < -0.39 is 18.5 Å². The monoisotopic (exact) mass is 348 g/mol. The molecule has 2 aromatic carbocycles. The highest BCUT2D eigenvalue weighted by Gasteiger charge is 2.14. The minimum atomic E-state index is -0.689. The normalized spacial score (nSPS) is 10.3. The first-order valence-corrected chi connectivity index (χ1v) is 7.97. The Morgan fingerprint density at radius 3 is 2.50 bits per heavy atom. The molecule has 0 bridgehead atoms. The van der Waals surface area contributed by atoms with E-state index in [0.29, 0.717) is 16.8 Å². The summed E-state index contributed by atoms with van der Waals surface area (Å²) in [5, 5.41) is 3.48. The van der Waals surface area contributed by atoms with Gasteiger partial charge in [0.1, 0.15) is 5.69 Å². The lowest BCUT2D eigenvalue weighted by atomic mass is 10.1. The number of esters is 1. The minimum Gasteiger partial charge on any atom is -0.451 e. The first-order chi connectivity index (χ1) is 12.5. The van der Waals surface area contributed by atoms with Crippen LogP contribution >= 0.6 is 0 Å². The van der Waals surface area contributed by atoms with Gasteiger partial charge in [0.2, 0.25) is 0 Å². The molecule has 0 spiro atoms. The van der Waals surface area contributed by atoms with Gasteiger partial charge in [0.25, 0.3) is 5.91 Å². The van der Waals surface area contributed by atoms with Gasteiger partial charge >= 0.3 is 5.97 Å². The number of amides is 1. The van der Waals surface area contributed by atoms with Gasteiger partial charge in [0.05, 0.1) is 11.2 Å². The molecular weight excluding hydrogens is 332 g/mol. The number of carbonyl (C=O) groups excluding carboxylic acids is 3. The zero-order valence-electron chi connectivity index (χ0n) is 14.1. The van der Waals surface area contributed by atoms with Crippen LogP contribution in [-0.4, -0.2) is 29.3 Å². The molecule has 3 rings (SSSR count). The van der Waals surface area contributed by atoms with E-state index in [1.165, 1.54) is 6.92 Å². The Morgan fingerprint density at radius 2 is 1.69 bits per heavy atom. The molecule has 0 fully saturated rings. The van der Waals surface area contributed by atoms with Gasteiger partial charge in [-0.15, -0.1) is 0 Å². The molecule has 6 heteroatoms. The lowest BCUT2D eigenvalue weighted by Gasteiger charge is -2.09. The third kappa shape index (κ3) is 3.92. The number of Topliss-reactive ketones (excluding diaryl/α,β-unsaturated/α-hetero) is 1. The summed E-state index contributed by atoms with van der Waals surface area (Å²) in [5.41, 5.74) is 1.57. The SMILES string of the molecule is CC(=O)c1ccccc1NC(=O)COC(=O)c1ccc2ccccc2n1. The summed E-state index contributed by atoms with van der Waals surface area (Å²) in [7, 11) is 0. The Balaban J connectivity index is 1.63. The van der Waals surface area contributed by atoms with E-state index >= 15 is 0 Å². The molecule has 1 N–H and O–H groups in total. The lowest BCUT2D eigenvalue weighted by molar-refractivity contribution is -0.119. The summed E-state index contributed by atoms with van der Waals surface area (Å²) < 4.78 is 5.01. The fourth-order valence-electron chi connectivity index (χ4n) is 2.47. The van der Waals surface area contributed by atoms with Crippen LogP contribution in [0.1, 0.15) is 27.8 Å². The average molecular weight is 348 g/mol. The molecule has 0 atom stereocenters. The molecule has 3 aromatic rings. The minimum absolute atomic E-state index is 0.126. The molecule has 1 heterocycles. The Hall–Kier alpha value is -3.54. The maximum atomic E-state index is 12.1. The molecule has 26 heavy (non-hydrogen) atoms. The number of pyridine rings is 1. The zero-order chi connectivity index (χ0) is 18.5. The van der Waals surface area contributed by atoms with Crippen LogP contribution in [0.15, 0.2) is 60.7 Å². The first kappa shape index (κ1) is 17.3. The van der Waals surface area contributed by atoms with Gasteiger partial charge in [-0.1, -0.05) is 36.4 Å². The first-order valence-electron chi connectivity index (χ1n) is 7.97. The van der Waals surface area contributed by atoms with E-state index in [4.69, 9.17) is 4.74 Å². The van der Waals surface area contributed by atoms with E-state index in [1.54, 1.807) is 42.5 Å². The maximum Gasteiger partial charge on any atom is 0.357 e. The fraction of sp³-hybridized carbons (Fsp3) is 0.100. The highest BCUT2D eigenvalue weighted by atomic mass is 16.5. The van der Waals surface area contributed by atoms with Gasteiger partial charge in [-0.2, -0.15) is 0 Å². The Bertz CT molecular complexity index is 998. The molecule has 0 radical (unpaired) electrons. The van der Waals surface area contributed by atoms with Crippen LogP contribution in [0.25, 0.3) is 10.9 Å². The van der Waals surface area contributed by atoms with Crippen molar-refractivity contribution in [2.24, 2.45) is 0 Å². The van der Waals surface area contributed by atoms with Gasteiger partial charge in [-0.3, -0.25) is 9.59 Å². The number of rotatable bonds is 5. The third-order valence-electron chi connectivity index (χ3n) is 3.72. The van der Waals surface area contributed by atoms with Crippen LogP contribution in [0, 0.1) is 0 Å². The van der Waals surface area contributed by atoms with Crippen LogP contribution in [-0.2, 0) is 9.53 Å².